The first-order valence-corrected chi connectivity index (χ1v) is 10.0. The summed E-state index contributed by atoms with van der Waals surface area (Å²) in [5.74, 6) is 1.30. The molecule has 1 aliphatic heterocycles. The molecule has 0 radical (unpaired) electrons. The standard InChI is InChI=1S/C21H24N6O2/c1-13-2-5-27-16(6-13)9-18(25-27)21(29)26-11-14-7-17(19(28)8-15(14)12-26)24-20-10-22-3-4-23-20/h2-6,9-10,14-15,17,19,28H,7-8,11-12H2,1H3,(H,23,24)/t14-,15+,17-,19-/m1/s1. The highest BCUT2D eigenvalue weighted by atomic mass is 16.3. The van der Waals surface area contributed by atoms with E-state index in [9.17, 15) is 9.90 Å². The van der Waals surface area contributed by atoms with Gasteiger partial charge in [-0.2, -0.15) is 5.10 Å². The van der Waals surface area contributed by atoms with Gasteiger partial charge in [0.2, 0.25) is 0 Å². The van der Waals surface area contributed by atoms with Crippen molar-refractivity contribution in [2.45, 2.75) is 31.9 Å². The van der Waals surface area contributed by atoms with E-state index in [1.165, 1.54) is 0 Å². The number of hydrogen-bond donors (Lipinski definition) is 2. The number of carbonyl (C=O) groups is 1. The second-order valence-electron chi connectivity index (χ2n) is 8.21. The summed E-state index contributed by atoms with van der Waals surface area (Å²) >= 11 is 0. The zero-order valence-electron chi connectivity index (χ0n) is 16.3. The number of rotatable bonds is 3. The van der Waals surface area contributed by atoms with E-state index in [0.29, 0.717) is 42.9 Å². The topological polar surface area (TPSA) is 95.7 Å². The molecule has 0 spiro atoms. The van der Waals surface area contributed by atoms with Crippen LogP contribution in [0.5, 0.6) is 0 Å². The fourth-order valence-electron chi connectivity index (χ4n) is 4.69. The van der Waals surface area contributed by atoms with Crippen LogP contribution in [0.15, 0.2) is 43.0 Å². The number of pyridine rings is 1. The monoisotopic (exact) mass is 392 g/mol. The molecule has 1 saturated heterocycles. The molecule has 0 bridgehead atoms. The second kappa shape index (κ2) is 7.11. The fourth-order valence-corrected chi connectivity index (χ4v) is 4.69. The van der Waals surface area contributed by atoms with Crippen LogP contribution in [0.3, 0.4) is 0 Å². The third kappa shape index (κ3) is 3.44. The molecule has 0 unspecified atom stereocenters. The Balaban J connectivity index is 1.29. The maximum atomic E-state index is 13.1. The van der Waals surface area contributed by atoms with Crippen molar-refractivity contribution in [3.05, 3.63) is 54.2 Å². The lowest BCUT2D eigenvalue weighted by molar-refractivity contribution is 0.0726. The molecule has 1 amide bonds. The molecular formula is C21H24N6O2. The Hall–Kier alpha value is -3.00. The Kier molecular flexibility index (Phi) is 4.43. The molecule has 2 aliphatic rings. The quantitative estimate of drug-likeness (QED) is 0.705. The van der Waals surface area contributed by atoms with E-state index < -0.39 is 6.10 Å². The highest BCUT2D eigenvalue weighted by Crippen LogP contribution is 2.37. The van der Waals surface area contributed by atoms with Gasteiger partial charge in [-0.3, -0.25) is 9.78 Å². The summed E-state index contributed by atoms with van der Waals surface area (Å²) in [5, 5.41) is 18.4. The molecule has 2 fully saturated rings. The van der Waals surface area contributed by atoms with Crippen molar-refractivity contribution in [2.75, 3.05) is 18.4 Å². The zero-order valence-corrected chi connectivity index (χ0v) is 16.3. The van der Waals surface area contributed by atoms with Gasteiger partial charge in [-0.25, -0.2) is 9.50 Å². The van der Waals surface area contributed by atoms with E-state index in [1.54, 1.807) is 23.1 Å². The largest absolute Gasteiger partial charge is 0.391 e. The van der Waals surface area contributed by atoms with Gasteiger partial charge >= 0.3 is 0 Å². The van der Waals surface area contributed by atoms with Gasteiger partial charge in [0.1, 0.15) is 5.82 Å². The average Bonchev–Trinajstić information content (AvgIpc) is 3.32. The molecule has 8 heteroatoms. The number of aromatic nitrogens is 4. The Bertz CT molecular complexity index is 1040. The van der Waals surface area contributed by atoms with Crippen LogP contribution in [0.25, 0.3) is 5.52 Å². The van der Waals surface area contributed by atoms with Crippen LogP contribution in [0, 0.1) is 18.8 Å². The van der Waals surface area contributed by atoms with Crippen molar-refractivity contribution in [1.82, 2.24) is 24.5 Å². The molecule has 8 nitrogen and oxygen atoms in total. The lowest BCUT2D eigenvalue weighted by atomic mass is 9.77. The van der Waals surface area contributed by atoms with Gasteiger partial charge in [0.05, 0.1) is 23.9 Å². The third-order valence-electron chi connectivity index (χ3n) is 6.16. The number of aliphatic hydroxyl groups is 1. The number of likely N-dealkylation sites (tertiary alicyclic amines) is 1. The molecule has 2 N–H and O–H groups in total. The highest BCUT2D eigenvalue weighted by molar-refractivity contribution is 5.93. The minimum Gasteiger partial charge on any atom is -0.391 e. The van der Waals surface area contributed by atoms with E-state index in [4.69, 9.17) is 0 Å². The van der Waals surface area contributed by atoms with Crippen molar-refractivity contribution in [3.63, 3.8) is 0 Å². The smallest absolute Gasteiger partial charge is 0.274 e. The van der Waals surface area contributed by atoms with Gasteiger partial charge in [-0.15, -0.1) is 0 Å². The number of aryl methyl sites for hydroxylation is 1. The molecule has 0 aromatic carbocycles. The number of carbonyl (C=O) groups excluding carboxylic acids is 1. The van der Waals surface area contributed by atoms with Crippen LogP contribution in [0.4, 0.5) is 5.82 Å². The lowest BCUT2D eigenvalue weighted by Crippen LogP contribution is -2.43. The molecule has 4 heterocycles. The fraction of sp³-hybridized carbons (Fsp3) is 0.429. The molecule has 3 aromatic heterocycles. The van der Waals surface area contributed by atoms with Crippen LogP contribution in [-0.4, -0.2) is 60.7 Å². The number of amides is 1. The first kappa shape index (κ1) is 18.1. The molecule has 1 aliphatic carbocycles. The van der Waals surface area contributed by atoms with Gasteiger partial charge in [-0.1, -0.05) is 0 Å². The number of nitrogens with one attached hydrogen (secondary N) is 1. The van der Waals surface area contributed by atoms with Crippen LogP contribution in [0.2, 0.25) is 0 Å². The summed E-state index contributed by atoms with van der Waals surface area (Å²) in [6, 6.07) is 5.77. The van der Waals surface area contributed by atoms with E-state index in [2.05, 4.69) is 20.4 Å². The van der Waals surface area contributed by atoms with Gasteiger partial charge < -0.3 is 15.3 Å². The van der Waals surface area contributed by atoms with Gasteiger partial charge in [0.15, 0.2) is 5.69 Å². The Morgan fingerprint density at radius 2 is 2.03 bits per heavy atom. The van der Waals surface area contributed by atoms with E-state index in [1.807, 2.05) is 36.2 Å². The molecule has 1 saturated carbocycles. The Labute approximate surface area is 168 Å². The third-order valence-corrected chi connectivity index (χ3v) is 6.16. The maximum Gasteiger partial charge on any atom is 0.274 e. The van der Waals surface area contributed by atoms with E-state index in [0.717, 1.165) is 17.5 Å². The second-order valence-corrected chi connectivity index (χ2v) is 8.21. The van der Waals surface area contributed by atoms with Gasteiger partial charge in [-0.05, 0) is 55.4 Å². The van der Waals surface area contributed by atoms with Crippen molar-refractivity contribution < 1.29 is 9.90 Å². The molecule has 3 aromatic rings. The molecular weight excluding hydrogens is 368 g/mol. The zero-order chi connectivity index (χ0) is 20.0. The first-order chi connectivity index (χ1) is 14.1. The molecule has 29 heavy (non-hydrogen) atoms. The van der Waals surface area contributed by atoms with E-state index in [-0.39, 0.29) is 11.9 Å². The lowest BCUT2D eigenvalue weighted by Gasteiger charge is -2.35. The molecule has 4 atom stereocenters. The van der Waals surface area contributed by atoms with Crippen molar-refractivity contribution in [2.24, 2.45) is 11.8 Å². The Morgan fingerprint density at radius 3 is 2.83 bits per heavy atom. The summed E-state index contributed by atoms with van der Waals surface area (Å²) in [7, 11) is 0. The SMILES string of the molecule is Cc1ccn2nc(C(=O)N3C[C@H]4C[C@@H](Nc5cnccn5)[C@H](O)C[C@H]4C3)cc2c1. The minimum absolute atomic E-state index is 0.0336. The summed E-state index contributed by atoms with van der Waals surface area (Å²) in [6.07, 6.45) is 7.81. The van der Waals surface area contributed by atoms with Crippen molar-refractivity contribution in [3.8, 4) is 0 Å². The van der Waals surface area contributed by atoms with Crippen molar-refractivity contribution >= 4 is 17.2 Å². The minimum atomic E-state index is -0.466. The number of hydrogen-bond acceptors (Lipinski definition) is 6. The normalized spacial score (nSPS) is 26.5. The number of nitrogens with zero attached hydrogens (tertiary/aromatic N) is 5. The van der Waals surface area contributed by atoms with Crippen LogP contribution in [-0.2, 0) is 0 Å². The van der Waals surface area contributed by atoms with Gasteiger partial charge in [0.25, 0.3) is 5.91 Å². The van der Waals surface area contributed by atoms with Crippen LogP contribution in [0.1, 0.15) is 28.9 Å². The molecule has 5 rings (SSSR count). The summed E-state index contributed by atoms with van der Waals surface area (Å²) in [4.78, 5) is 23.3. The highest BCUT2D eigenvalue weighted by Gasteiger charge is 2.43. The summed E-state index contributed by atoms with van der Waals surface area (Å²) in [5.41, 5.74) is 2.54. The van der Waals surface area contributed by atoms with E-state index >= 15 is 0 Å². The van der Waals surface area contributed by atoms with Gasteiger partial charge in [0, 0.05) is 31.7 Å². The van der Waals surface area contributed by atoms with Crippen LogP contribution >= 0.6 is 0 Å². The maximum absolute atomic E-state index is 13.1. The van der Waals surface area contributed by atoms with Crippen molar-refractivity contribution in [1.29, 1.82) is 0 Å². The number of aliphatic hydroxyl groups excluding tert-OH is 1. The van der Waals surface area contributed by atoms with Crippen LogP contribution < -0.4 is 5.32 Å². The predicted molar refractivity (Wildman–Crippen MR) is 107 cm³/mol. The molecule has 150 valence electrons. The summed E-state index contributed by atoms with van der Waals surface area (Å²) in [6.45, 7) is 3.39. The number of anilines is 1. The number of fused-ring (bicyclic) bond motifs is 2. The first-order valence-electron chi connectivity index (χ1n) is 10.0. The Morgan fingerprint density at radius 1 is 1.21 bits per heavy atom. The predicted octanol–water partition coefficient (Wildman–Crippen LogP) is 1.76. The summed E-state index contributed by atoms with van der Waals surface area (Å²) < 4.78 is 1.74. The average molecular weight is 392 g/mol.